The fraction of sp³-hybridized carbons (Fsp3) is 0.261. The van der Waals surface area contributed by atoms with Crippen molar-refractivity contribution in [2.45, 2.75) is 18.9 Å². The van der Waals surface area contributed by atoms with Crippen LogP contribution in [-0.2, 0) is 9.59 Å². The van der Waals surface area contributed by atoms with Crippen LogP contribution in [0, 0.1) is 5.92 Å². The lowest BCUT2D eigenvalue weighted by molar-refractivity contribution is -0.125. The van der Waals surface area contributed by atoms with E-state index in [1.54, 1.807) is 25.3 Å². The summed E-state index contributed by atoms with van der Waals surface area (Å²) < 4.78 is 10.5. The predicted octanol–water partition coefficient (Wildman–Crippen LogP) is 4.28. The smallest absolute Gasteiger partial charge is 0.231 e. The van der Waals surface area contributed by atoms with E-state index in [2.05, 4.69) is 10.3 Å². The van der Waals surface area contributed by atoms with Gasteiger partial charge < -0.3 is 19.7 Å². The minimum Gasteiger partial charge on any atom is -0.497 e. The van der Waals surface area contributed by atoms with Crippen molar-refractivity contribution in [3.8, 4) is 11.5 Å². The van der Waals surface area contributed by atoms with Crippen molar-refractivity contribution in [1.29, 1.82) is 0 Å². The summed E-state index contributed by atoms with van der Waals surface area (Å²) in [5.74, 6) is 0.807. The van der Waals surface area contributed by atoms with Crippen LogP contribution in [0.4, 0.5) is 10.8 Å². The minimum absolute atomic E-state index is 0.0238. The van der Waals surface area contributed by atoms with Gasteiger partial charge in [0.2, 0.25) is 11.8 Å². The summed E-state index contributed by atoms with van der Waals surface area (Å²) in [5, 5.41) is 5.26. The van der Waals surface area contributed by atoms with Gasteiger partial charge in [0.1, 0.15) is 11.5 Å². The lowest BCUT2D eigenvalue weighted by Gasteiger charge is -2.40. The molecule has 1 aliphatic rings. The molecule has 1 N–H and O–H groups in total. The van der Waals surface area contributed by atoms with E-state index in [4.69, 9.17) is 9.47 Å². The SMILES string of the molecule is COc1ccc([C@@H]2[C@H](C(=O)Nc3nccs3)CCC(=O)N2c2ccc(OC)cc2)cc1. The number of rotatable bonds is 6. The second-order valence-corrected chi connectivity index (χ2v) is 8.05. The van der Waals surface area contributed by atoms with Crippen molar-refractivity contribution in [1.82, 2.24) is 4.98 Å². The Labute approximate surface area is 184 Å². The molecule has 1 aromatic heterocycles. The van der Waals surface area contributed by atoms with E-state index in [0.29, 0.717) is 23.1 Å². The number of ether oxygens (including phenoxy) is 2. The first-order chi connectivity index (χ1) is 15.1. The van der Waals surface area contributed by atoms with Gasteiger partial charge in [-0.2, -0.15) is 0 Å². The zero-order chi connectivity index (χ0) is 21.8. The van der Waals surface area contributed by atoms with Crippen molar-refractivity contribution in [3.05, 3.63) is 65.7 Å². The monoisotopic (exact) mass is 437 g/mol. The third kappa shape index (κ3) is 4.39. The number of benzene rings is 2. The first-order valence-electron chi connectivity index (χ1n) is 9.91. The number of piperidine rings is 1. The zero-order valence-corrected chi connectivity index (χ0v) is 18.1. The van der Waals surface area contributed by atoms with E-state index < -0.39 is 12.0 Å². The number of nitrogens with one attached hydrogen (secondary N) is 1. The number of nitrogens with zero attached hydrogens (tertiary/aromatic N) is 2. The molecule has 8 heteroatoms. The number of thiazole rings is 1. The van der Waals surface area contributed by atoms with Gasteiger partial charge in [-0.1, -0.05) is 12.1 Å². The van der Waals surface area contributed by atoms with Gasteiger partial charge in [-0.3, -0.25) is 9.59 Å². The Hall–Kier alpha value is -3.39. The Morgan fingerprint density at radius 1 is 1.06 bits per heavy atom. The number of amides is 2. The standard InChI is InChI=1S/C23H23N3O4S/c1-29-17-7-3-15(4-8-17)21-19(22(28)25-23-24-13-14-31-23)11-12-20(27)26(21)16-5-9-18(30-2)10-6-16/h3-10,13-14,19,21H,11-12H2,1-2H3,(H,24,25,28)/t19-,21-/m1/s1. The number of methoxy groups -OCH3 is 2. The molecule has 7 nitrogen and oxygen atoms in total. The predicted molar refractivity (Wildman–Crippen MR) is 120 cm³/mol. The van der Waals surface area contributed by atoms with Crippen molar-refractivity contribution >= 4 is 34.0 Å². The van der Waals surface area contributed by atoms with E-state index >= 15 is 0 Å². The van der Waals surface area contributed by atoms with Crippen molar-refractivity contribution in [2.75, 3.05) is 24.4 Å². The summed E-state index contributed by atoms with van der Waals surface area (Å²) >= 11 is 1.37. The molecule has 0 radical (unpaired) electrons. The molecule has 1 fully saturated rings. The molecule has 2 heterocycles. The largest absolute Gasteiger partial charge is 0.497 e. The van der Waals surface area contributed by atoms with Crippen LogP contribution in [0.5, 0.6) is 11.5 Å². The van der Waals surface area contributed by atoms with Crippen LogP contribution in [0.1, 0.15) is 24.4 Å². The van der Waals surface area contributed by atoms with Crippen LogP contribution in [-0.4, -0.2) is 31.0 Å². The Balaban J connectivity index is 1.73. The average Bonchev–Trinajstić information content (AvgIpc) is 3.32. The molecule has 1 saturated heterocycles. The molecule has 2 amide bonds. The number of carbonyl (C=O) groups excluding carboxylic acids is 2. The third-order valence-electron chi connectivity index (χ3n) is 5.40. The van der Waals surface area contributed by atoms with Gasteiger partial charge in [0.05, 0.1) is 26.2 Å². The lowest BCUT2D eigenvalue weighted by Crippen LogP contribution is -2.46. The highest BCUT2D eigenvalue weighted by atomic mass is 32.1. The van der Waals surface area contributed by atoms with Crippen LogP contribution in [0.2, 0.25) is 0 Å². The quantitative estimate of drug-likeness (QED) is 0.622. The van der Waals surface area contributed by atoms with Crippen LogP contribution >= 0.6 is 11.3 Å². The number of anilines is 2. The molecular weight excluding hydrogens is 414 g/mol. The molecule has 0 saturated carbocycles. The average molecular weight is 438 g/mol. The van der Waals surface area contributed by atoms with Gasteiger partial charge in [0.25, 0.3) is 0 Å². The van der Waals surface area contributed by atoms with Crippen molar-refractivity contribution in [2.24, 2.45) is 5.92 Å². The fourth-order valence-electron chi connectivity index (χ4n) is 3.88. The Kier molecular flexibility index (Phi) is 6.18. The van der Waals surface area contributed by atoms with E-state index in [-0.39, 0.29) is 18.2 Å². The second kappa shape index (κ2) is 9.18. The first-order valence-corrected chi connectivity index (χ1v) is 10.8. The highest BCUT2D eigenvalue weighted by molar-refractivity contribution is 7.13. The molecule has 0 spiro atoms. The van der Waals surface area contributed by atoms with Gasteiger partial charge in [0, 0.05) is 23.7 Å². The van der Waals surface area contributed by atoms with Crippen molar-refractivity contribution in [3.63, 3.8) is 0 Å². The second-order valence-electron chi connectivity index (χ2n) is 7.15. The maximum absolute atomic E-state index is 13.2. The molecule has 2 aromatic carbocycles. The summed E-state index contributed by atoms with van der Waals surface area (Å²) in [5.41, 5.74) is 1.59. The number of hydrogen-bond acceptors (Lipinski definition) is 6. The van der Waals surface area contributed by atoms with E-state index in [0.717, 1.165) is 11.3 Å². The number of hydrogen-bond donors (Lipinski definition) is 1. The minimum atomic E-state index is -0.458. The van der Waals surface area contributed by atoms with E-state index in [9.17, 15) is 9.59 Å². The highest BCUT2D eigenvalue weighted by Crippen LogP contribution is 2.41. The van der Waals surface area contributed by atoms with Crippen LogP contribution in [0.25, 0.3) is 0 Å². The normalized spacial score (nSPS) is 18.5. The Morgan fingerprint density at radius 3 is 2.29 bits per heavy atom. The molecule has 31 heavy (non-hydrogen) atoms. The molecule has 0 aliphatic carbocycles. The van der Waals surface area contributed by atoms with Gasteiger partial charge in [-0.15, -0.1) is 11.3 Å². The topological polar surface area (TPSA) is 80.8 Å². The van der Waals surface area contributed by atoms with Crippen LogP contribution in [0.15, 0.2) is 60.1 Å². The first kappa shape index (κ1) is 20.9. The summed E-state index contributed by atoms with van der Waals surface area (Å²) in [7, 11) is 3.20. The van der Waals surface area contributed by atoms with E-state index in [1.165, 1.54) is 11.3 Å². The molecule has 0 unspecified atom stereocenters. The fourth-order valence-corrected chi connectivity index (χ4v) is 4.41. The van der Waals surface area contributed by atoms with Crippen LogP contribution < -0.4 is 19.7 Å². The van der Waals surface area contributed by atoms with Crippen molar-refractivity contribution < 1.29 is 19.1 Å². The van der Waals surface area contributed by atoms with E-state index in [1.807, 2.05) is 53.9 Å². The molecular formula is C23H23N3O4S. The highest BCUT2D eigenvalue weighted by Gasteiger charge is 2.41. The molecule has 1 aliphatic heterocycles. The van der Waals surface area contributed by atoms with Gasteiger partial charge in [0.15, 0.2) is 5.13 Å². The van der Waals surface area contributed by atoms with Crippen LogP contribution in [0.3, 0.4) is 0 Å². The van der Waals surface area contributed by atoms with Gasteiger partial charge in [-0.05, 0) is 48.4 Å². The Bertz CT molecular complexity index is 1040. The third-order valence-corrected chi connectivity index (χ3v) is 6.09. The maximum atomic E-state index is 13.2. The summed E-state index contributed by atoms with van der Waals surface area (Å²) in [6.45, 7) is 0. The lowest BCUT2D eigenvalue weighted by atomic mass is 9.83. The van der Waals surface area contributed by atoms with Gasteiger partial charge >= 0.3 is 0 Å². The molecule has 0 bridgehead atoms. The van der Waals surface area contributed by atoms with Gasteiger partial charge in [-0.25, -0.2) is 4.98 Å². The number of carbonyl (C=O) groups is 2. The molecule has 2 atom stereocenters. The molecule has 4 rings (SSSR count). The zero-order valence-electron chi connectivity index (χ0n) is 17.3. The summed E-state index contributed by atoms with van der Waals surface area (Å²) in [6, 6.07) is 14.3. The molecule has 160 valence electrons. The Morgan fingerprint density at radius 2 is 1.71 bits per heavy atom. The number of aromatic nitrogens is 1. The molecule has 3 aromatic rings. The summed E-state index contributed by atoms with van der Waals surface area (Å²) in [6.07, 6.45) is 2.39. The summed E-state index contributed by atoms with van der Waals surface area (Å²) in [4.78, 5) is 32.2. The maximum Gasteiger partial charge on any atom is 0.231 e.